The summed E-state index contributed by atoms with van der Waals surface area (Å²) >= 11 is 0. The highest BCUT2D eigenvalue weighted by Crippen LogP contribution is 2.42. The number of carbonyl (C=O) groups is 1. The Kier molecular flexibility index (Phi) is 3.13. The van der Waals surface area contributed by atoms with E-state index in [4.69, 9.17) is 4.52 Å². The largest absolute Gasteiger partial charge is 0.465 e. The van der Waals surface area contributed by atoms with Crippen molar-refractivity contribution in [2.24, 2.45) is 0 Å². The summed E-state index contributed by atoms with van der Waals surface area (Å²) in [5.41, 5.74) is 1.08. The summed E-state index contributed by atoms with van der Waals surface area (Å²) in [7, 11) is 1.31. The van der Waals surface area contributed by atoms with Crippen molar-refractivity contribution in [3.8, 4) is 11.4 Å². The van der Waals surface area contributed by atoms with Gasteiger partial charge in [0.15, 0.2) is 0 Å². The lowest BCUT2D eigenvalue weighted by atomic mass is 10.1. The van der Waals surface area contributed by atoms with Gasteiger partial charge in [-0.15, -0.1) is 0 Å². The molecule has 1 aliphatic rings. The van der Waals surface area contributed by atoms with Crippen molar-refractivity contribution in [2.45, 2.75) is 18.4 Å². The number of hydrogen-bond donors (Lipinski definition) is 0. The first-order valence-corrected chi connectivity index (χ1v) is 6.26. The molecule has 108 valence electrons. The Morgan fingerprint density at radius 2 is 2.14 bits per heavy atom. The Balaban J connectivity index is 1.77. The Bertz CT molecular complexity index is 694. The number of ether oxygens (including phenoxy) is 1. The molecule has 2 aromatic rings. The van der Waals surface area contributed by atoms with E-state index in [1.807, 2.05) is 0 Å². The van der Waals surface area contributed by atoms with Gasteiger partial charge in [0.1, 0.15) is 5.92 Å². The molecule has 0 spiro atoms. The molecule has 0 aliphatic heterocycles. The number of aromatic nitrogens is 2. The first kappa shape index (κ1) is 13.2. The fourth-order valence-electron chi connectivity index (χ4n) is 2.06. The highest BCUT2D eigenvalue weighted by molar-refractivity contribution is 5.89. The number of nitrogens with zero attached hydrogens (tertiary/aromatic N) is 3. The van der Waals surface area contributed by atoms with Gasteiger partial charge < -0.3 is 9.26 Å². The van der Waals surface area contributed by atoms with Crippen molar-refractivity contribution < 1.29 is 19.0 Å². The monoisotopic (exact) mass is 289 g/mol. The molecular weight excluding hydrogens is 278 g/mol. The van der Waals surface area contributed by atoms with E-state index in [-0.39, 0.29) is 16.7 Å². The second kappa shape index (κ2) is 4.97. The maximum atomic E-state index is 11.3. The van der Waals surface area contributed by atoms with Gasteiger partial charge in [-0.05, 0) is 12.1 Å². The van der Waals surface area contributed by atoms with Gasteiger partial charge >= 0.3 is 5.97 Å². The van der Waals surface area contributed by atoms with E-state index >= 15 is 0 Å². The summed E-state index contributed by atoms with van der Waals surface area (Å²) in [6.07, 6.45) is 0.426. The van der Waals surface area contributed by atoms with E-state index < -0.39 is 12.0 Å². The van der Waals surface area contributed by atoms with E-state index in [1.165, 1.54) is 7.11 Å². The van der Waals surface area contributed by atoms with Crippen molar-refractivity contribution in [2.75, 3.05) is 7.11 Å². The van der Waals surface area contributed by atoms with Crippen LogP contribution in [0.25, 0.3) is 11.4 Å². The average Bonchev–Trinajstić information content (AvgIpc) is 3.17. The molecule has 3 rings (SSSR count). The van der Waals surface area contributed by atoms with E-state index in [2.05, 4.69) is 14.9 Å². The molecule has 21 heavy (non-hydrogen) atoms. The molecule has 2 atom stereocenters. The molecule has 8 nitrogen and oxygen atoms in total. The zero-order valence-electron chi connectivity index (χ0n) is 11.1. The van der Waals surface area contributed by atoms with Gasteiger partial charge in [-0.3, -0.25) is 10.1 Å². The maximum absolute atomic E-state index is 11.3. The summed E-state index contributed by atoms with van der Waals surface area (Å²) in [4.78, 5) is 25.8. The lowest BCUT2D eigenvalue weighted by Crippen LogP contribution is -2.02. The van der Waals surface area contributed by atoms with Crippen LogP contribution in [0.15, 0.2) is 28.8 Å². The first-order valence-electron chi connectivity index (χ1n) is 6.26. The minimum absolute atomic E-state index is 0.281. The van der Waals surface area contributed by atoms with Crippen molar-refractivity contribution >= 4 is 5.97 Å². The smallest absolute Gasteiger partial charge is 0.337 e. The minimum Gasteiger partial charge on any atom is -0.465 e. The zero-order valence-corrected chi connectivity index (χ0v) is 11.1. The van der Waals surface area contributed by atoms with Crippen LogP contribution in [-0.2, 0) is 4.74 Å². The van der Waals surface area contributed by atoms with Crippen LogP contribution < -0.4 is 0 Å². The molecule has 1 fully saturated rings. The van der Waals surface area contributed by atoms with Crippen LogP contribution in [0.5, 0.6) is 0 Å². The topological polar surface area (TPSA) is 108 Å². The second-order valence-electron chi connectivity index (χ2n) is 4.72. The van der Waals surface area contributed by atoms with Gasteiger partial charge in [0.05, 0.1) is 12.7 Å². The molecule has 0 bridgehead atoms. The summed E-state index contributed by atoms with van der Waals surface area (Å²) in [5.74, 6) is -0.100. The minimum atomic E-state index is -0.625. The Labute approximate surface area is 118 Å². The van der Waals surface area contributed by atoms with Crippen molar-refractivity contribution in [3.05, 3.63) is 45.8 Å². The lowest BCUT2D eigenvalue weighted by molar-refractivity contribution is -0.496. The third kappa shape index (κ3) is 2.47. The summed E-state index contributed by atoms with van der Waals surface area (Å²) in [6.45, 7) is 0. The SMILES string of the molecule is COC(=O)c1ccc(-c2noc(C3CC3[N+](=O)[O-])n2)cc1. The predicted molar refractivity (Wildman–Crippen MR) is 69.2 cm³/mol. The Hall–Kier alpha value is -2.77. The molecule has 1 saturated carbocycles. The van der Waals surface area contributed by atoms with E-state index in [1.54, 1.807) is 24.3 Å². The molecule has 1 aromatic carbocycles. The van der Waals surface area contributed by atoms with Gasteiger partial charge in [0, 0.05) is 16.9 Å². The number of carbonyl (C=O) groups excluding carboxylic acids is 1. The quantitative estimate of drug-likeness (QED) is 0.478. The summed E-state index contributed by atoms with van der Waals surface area (Å²) < 4.78 is 9.67. The molecule has 1 aliphatic carbocycles. The molecule has 0 radical (unpaired) electrons. The van der Waals surface area contributed by atoms with Gasteiger partial charge in [-0.1, -0.05) is 17.3 Å². The molecule has 1 heterocycles. The number of esters is 1. The average molecular weight is 289 g/mol. The zero-order chi connectivity index (χ0) is 15.0. The van der Waals surface area contributed by atoms with Crippen molar-refractivity contribution in [3.63, 3.8) is 0 Å². The molecule has 1 aromatic heterocycles. The van der Waals surface area contributed by atoms with Crippen LogP contribution >= 0.6 is 0 Å². The summed E-state index contributed by atoms with van der Waals surface area (Å²) in [6, 6.07) is 5.89. The van der Waals surface area contributed by atoms with Crippen LogP contribution in [0.1, 0.15) is 28.6 Å². The van der Waals surface area contributed by atoms with Crippen LogP contribution in [0.2, 0.25) is 0 Å². The standard InChI is InChI=1S/C13H11N3O5/c1-20-13(17)8-4-2-7(3-5-8)11-14-12(21-15-11)9-6-10(9)16(18)19/h2-5,9-10H,6H2,1H3. The van der Waals surface area contributed by atoms with Gasteiger partial charge in [0.25, 0.3) is 0 Å². The second-order valence-corrected chi connectivity index (χ2v) is 4.72. The van der Waals surface area contributed by atoms with Crippen LogP contribution in [0.4, 0.5) is 0 Å². The molecule has 0 saturated heterocycles. The van der Waals surface area contributed by atoms with Gasteiger partial charge in [-0.2, -0.15) is 4.98 Å². The Morgan fingerprint density at radius 3 is 2.71 bits per heavy atom. The molecule has 0 amide bonds. The fourth-order valence-corrected chi connectivity index (χ4v) is 2.06. The van der Waals surface area contributed by atoms with E-state index in [0.29, 0.717) is 23.4 Å². The van der Waals surface area contributed by atoms with Gasteiger partial charge in [0.2, 0.25) is 17.8 Å². The predicted octanol–water partition coefficient (Wildman–Crippen LogP) is 1.66. The first-order chi connectivity index (χ1) is 10.1. The van der Waals surface area contributed by atoms with E-state index in [0.717, 1.165) is 0 Å². The number of hydrogen-bond acceptors (Lipinski definition) is 7. The summed E-state index contributed by atoms with van der Waals surface area (Å²) in [5, 5.41) is 14.4. The van der Waals surface area contributed by atoms with Crippen LogP contribution in [0.3, 0.4) is 0 Å². The lowest BCUT2D eigenvalue weighted by Gasteiger charge is -1.99. The number of benzene rings is 1. The van der Waals surface area contributed by atoms with Crippen LogP contribution in [-0.4, -0.2) is 34.2 Å². The van der Waals surface area contributed by atoms with Gasteiger partial charge in [-0.25, -0.2) is 4.79 Å². The highest BCUT2D eigenvalue weighted by Gasteiger charge is 2.53. The van der Waals surface area contributed by atoms with Crippen molar-refractivity contribution in [1.82, 2.24) is 10.1 Å². The number of rotatable bonds is 4. The fraction of sp³-hybridized carbons (Fsp3) is 0.308. The molecule has 8 heteroatoms. The number of methoxy groups -OCH3 is 1. The normalized spacial score (nSPS) is 20.0. The number of nitro groups is 1. The molecule has 2 unspecified atom stereocenters. The third-order valence-corrected chi connectivity index (χ3v) is 3.35. The van der Waals surface area contributed by atoms with Crippen LogP contribution in [0, 0.1) is 10.1 Å². The van der Waals surface area contributed by atoms with Crippen molar-refractivity contribution in [1.29, 1.82) is 0 Å². The Morgan fingerprint density at radius 1 is 1.43 bits per heavy atom. The molecular formula is C13H11N3O5. The maximum Gasteiger partial charge on any atom is 0.337 e. The third-order valence-electron chi connectivity index (χ3n) is 3.35. The molecule has 0 N–H and O–H groups in total. The van der Waals surface area contributed by atoms with E-state index in [9.17, 15) is 14.9 Å². The highest BCUT2D eigenvalue weighted by atomic mass is 16.6.